The van der Waals surface area contributed by atoms with Crippen LogP contribution in [0.3, 0.4) is 0 Å². The minimum Gasteiger partial charge on any atom is -0.370 e. The first kappa shape index (κ1) is 10.1. The van der Waals surface area contributed by atoms with E-state index in [-0.39, 0.29) is 0 Å². The van der Waals surface area contributed by atoms with Gasteiger partial charge in [0.1, 0.15) is 0 Å². The summed E-state index contributed by atoms with van der Waals surface area (Å²) in [5.41, 5.74) is 2.39. The highest BCUT2D eigenvalue weighted by atomic mass is 79.9. The van der Waals surface area contributed by atoms with E-state index in [0.29, 0.717) is 4.83 Å². The number of hydrogen-bond acceptors (Lipinski definition) is 2. The number of aromatic nitrogens is 1. The zero-order chi connectivity index (χ0) is 11.0. The molecule has 1 aliphatic heterocycles. The smallest absolute Gasteiger partial charge is 0.0722 e. The number of anilines is 1. The van der Waals surface area contributed by atoms with Crippen LogP contribution < -0.4 is 4.90 Å². The van der Waals surface area contributed by atoms with E-state index in [4.69, 9.17) is 0 Å². The number of hydrogen-bond donors (Lipinski definition) is 0. The number of rotatable bonds is 1. The summed E-state index contributed by atoms with van der Waals surface area (Å²) in [5.74, 6) is 0. The predicted molar refractivity (Wildman–Crippen MR) is 71.3 cm³/mol. The van der Waals surface area contributed by atoms with Gasteiger partial charge in [-0.15, -0.1) is 0 Å². The Morgan fingerprint density at radius 2 is 2.12 bits per heavy atom. The number of fused-ring (bicyclic) bond motifs is 1. The van der Waals surface area contributed by atoms with Gasteiger partial charge >= 0.3 is 0 Å². The Labute approximate surface area is 103 Å². The highest BCUT2D eigenvalue weighted by Gasteiger charge is 2.21. The third-order valence-electron chi connectivity index (χ3n) is 3.10. The molecular weight excluding hydrogens is 264 g/mol. The van der Waals surface area contributed by atoms with Gasteiger partial charge in [-0.3, -0.25) is 4.98 Å². The monoisotopic (exact) mass is 276 g/mol. The lowest BCUT2D eigenvalue weighted by Gasteiger charge is -2.19. The van der Waals surface area contributed by atoms with Crippen LogP contribution in [0.5, 0.6) is 0 Å². The SMILES string of the molecule is BrC1CCN(c2ccnc3ccccc23)C1. The van der Waals surface area contributed by atoms with Crippen LogP contribution >= 0.6 is 15.9 Å². The molecule has 0 amide bonds. The summed E-state index contributed by atoms with van der Waals surface area (Å²) in [4.78, 5) is 7.45. The largest absolute Gasteiger partial charge is 0.370 e. The summed E-state index contributed by atoms with van der Waals surface area (Å²) < 4.78 is 0. The Bertz CT molecular complexity index is 507. The summed E-state index contributed by atoms with van der Waals surface area (Å²) in [6.07, 6.45) is 3.12. The van der Waals surface area contributed by atoms with E-state index in [1.54, 1.807) is 0 Å². The van der Waals surface area contributed by atoms with E-state index in [9.17, 15) is 0 Å². The first-order chi connectivity index (χ1) is 7.84. The van der Waals surface area contributed by atoms with E-state index >= 15 is 0 Å². The molecule has 1 unspecified atom stereocenters. The Morgan fingerprint density at radius 3 is 2.94 bits per heavy atom. The van der Waals surface area contributed by atoms with Crippen LogP contribution in [-0.2, 0) is 0 Å². The highest BCUT2D eigenvalue weighted by Crippen LogP contribution is 2.29. The molecule has 1 aromatic heterocycles. The summed E-state index contributed by atoms with van der Waals surface area (Å²) >= 11 is 3.68. The van der Waals surface area contributed by atoms with Crippen LogP contribution in [0.4, 0.5) is 5.69 Å². The lowest BCUT2D eigenvalue weighted by molar-refractivity contribution is 0.970. The fourth-order valence-corrected chi connectivity index (χ4v) is 2.85. The number of alkyl halides is 1. The third kappa shape index (κ3) is 1.69. The van der Waals surface area contributed by atoms with E-state index < -0.39 is 0 Å². The summed E-state index contributed by atoms with van der Waals surface area (Å²) in [5, 5.41) is 1.26. The van der Waals surface area contributed by atoms with E-state index in [1.165, 1.54) is 17.5 Å². The molecule has 0 aliphatic carbocycles. The molecule has 1 fully saturated rings. The van der Waals surface area contributed by atoms with Gasteiger partial charge < -0.3 is 4.90 Å². The second kappa shape index (κ2) is 4.06. The quantitative estimate of drug-likeness (QED) is 0.744. The van der Waals surface area contributed by atoms with Gasteiger partial charge in [-0.1, -0.05) is 34.1 Å². The maximum atomic E-state index is 4.39. The molecule has 2 heterocycles. The van der Waals surface area contributed by atoms with Crippen molar-refractivity contribution >= 4 is 32.5 Å². The molecule has 0 spiro atoms. The van der Waals surface area contributed by atoms with Gasteiger partial charge in [-0.25, -0.2) is 0 Å². The normalized spacial score (nSPS) is 20.6. The molecule has 1 atom stereocenters. The molecule has 0 bridgehead atoms. The van der Waals surface area contributed by atoms with Crippen molar-refractivity contribution in [1.29, 1.82) is 0 Å². The van der Waals surface area contributed by atoms with Crippen molar-refractivity contribution < 1.29 is 0 Å². The Hall–Kier alpha value is -1.09. The number of pyridine rings is 1. The fraction of sp³-hybridized carbons (Fsp3) is 0.308. The van der Waals surface area contributed by atoms with Crippen LogP contribution in [0.2, 0.25) is 0 Å². The van der Waals surface area contributed by atoms with E-state index in [0.717, 1.165) is 18.6 Å². The Morgan fingerprint density at radius 1 is 1.25 bits per heavy atom. The van der Waals surface area contributed by atoms with Crippen LogP contribution in [0, 0.1) is 0 Å². The minimum absolute atomic E-state index is 0.624. The lowest BCUT2D eigenvalue weighted by Crippen LogP contribution is -2.19. The molecule has 2 aromatic rings. The second-order valence-electron chi connectivity index (χ2n) is 4.18. The van der Waals surface area contributed by atoms with Crippen molar-refractivity contribution in [3.8, 4) is 0 Å². The first-order valence-electron chi connectivity index (χ1n) is 5.57. The van der Waals surface area contributed by atoms with Crippen molar-refractivity contribution in [3.63, 3.8) is 0 Å². The topological polar surface area (TPSA) is 16.1 Å². The standard InChI is InChI=1S/C13H13BrN2/c14-10-6-8-16(9-10)13-5-7-15-12-4-2-1-3-11(12)13/h1-5,7,10H,6,8-9H2. The lowest BCUT2D eigenvalue weighted by atomic mass is 10.2. The van der Waals surface area contributed by atoms with Crippen LogP contribution in [0.1, 0.15) is 6.42 Å². The average Bonchev–Trinajstić information content (AvgIpc) is 2.75. The zero-order valence-electron chi connectivity index (χ0n) is 8.94. The predicted octanol–water partition coefficient (Wildman–Crippen LogP) is 3.21. The van der Waals surface area contributed by atoms with Crippen LogP contribution in [-0.4, -0.2) is 22.9 Å². The maximum absolute atomic E-state index is 4.39. The van der Waals surface area contributed by atoms with Crippen molar-refractivity contribution in [1.82, 2.24) is 4.98 Å². The van der Waals surface area contributed by atoms with Crippen LogP contribution in [0.25, 0.3) is 10.9 Å². The zero-order valence-corrected chi connectivity index (χ0v) is 10.5. The first-order valence-corrected chi connectivity index (χ1v) is 6.49. The highest BCUT2D eigenvalue weighted by molar-refractivity contribution is 9.09. The molecule has 0 radical (unpaired) electrons. The summed E-state index contributed by atoms with van der Waals surface area (Å²) in [6.45, 7) is 2.22. The van der Waals surface area contributed by atoms with Crippen molar-refractivity contribution in [3.05, 3.63) is 36.5 Å². The molecular formula is C13H13BrN2. The Balaban J connectivity index is 2.09. The van der Waals surface area contributed by atoms with Gasteiger partial charge in [0.2, 0.25) is 0 Å². The number of para-hydroxylation sites is 1. The third-order valence-corrected chi connectivity index (χ3v) is 3.84. The van der Waals surface area contributed by atoms with Gasteiger partial charge in [0.05, 0.1) is 5.52 Å². The molecule has 1 aliphatic rings. The Kier molecular flexibility index (Phi) is 2.56. The van der Waals surface area contributed by atoms with Gasteiger partial charge in [-0.2, -0.15) is 0 Å². The summed E-state index contributed by atoms with van der Waals surface area (Å²) in [6, 6.07) is 10.5. The van der Waals surface area contributed by atoms with E-state index in [2.05, 4.69) is 50.1 Å². The molecule has 16 heavy (non-hydrogen) atoms. The molecule has 82 valence electrons. The maximum Gasteiger partial charge on any atom is 0.0722 e. The molecule has 2 nitrogen and oxygen atoms in total. The molecule has 1 aromatic carbocycles. The summed E-state index contributed by atoms with van der Waals surface area (Å²) in [7, 11) is 0. The number of benzene rings is 1. The second-order valence-corrected chi connectivity index (χ2v) is 5.47. The number of halogens is 1. The van der Waals surface area contributed by atoms with Gasteiger partial charge in [0.15, 0.2) is 0 Å². The molecule has 0 saturated carbocycles. The molecule has 3 rings (SSSR count). The van der Waals surface area contributed by atoms with Crippen LogP contribution in [0.15, 0.2) is 36.5 Å². The van der Waals surface area contributed by atoms with Crippen molar-refractivity contribution in [2.75, 3.05) is 18.0 Å². The van der Waals surface area contributed by atoms with Crippen molar-refractivity contribution in [2.45, 2.75) is 11.2 Å². The van der Waals surface area contributed by atoms with Gasteiger partial charge in [0.25, 0.3) is 0 Å². The number of nitrogens with zero attached hydrogens (tertiary/aromatic N) is 2. The fourth-order valence-electron chi connectivity index (χ4n) is 2.29. The average molecular weight is 277 g/mol. The minimum atomic E-state index is 0.624. The molecule has 0 N–H and O–H groups in total. The van der Waals surface area contributed by atoms with Gasteiger partial charge in [-0.05, 0) is 18.6 Å². The molecule has 1 saturated heterocycles. The van der Waals surface area contributed by atoms with E-state index in [1.807, 2.05) is 12.3 Å². The molecule has 3 heteroatoms. The van der Waals surface area contributed by atoms with Gasteiger partial charge in [0, 0.05) is 35.2 Å². The van der Waals surface area contributed by atoms with Crippen molar-refractivity contribution in [2.24, 2.45) is 0 Å².